The zero-order valence-corrected chi connectivity index (χ0v) is 11.4. The average Bonchev–Trinajstić information content (AvgIpc) is 2.42. The van der Waals surface area contributed by atoms with Crippen molar-refractivity contribution in [3.8, 4) is 5.75 Å². The molecule has 0 fully saturated rings. The fraction of sp³-hybridized carbons (Fsp3) is 0.455. The molecule has 7 heteroatoms. The summed E-state index contributed by atoms with van der Waals surface area (Å²) in [5, 5.41) is 0. The van der Waals surface area contributed by atoms with Gasteiger partial charge in [-0.05, 0) is 0 Å². The maximum atomic E-state index is 5.43. The van der Waals surface area contributed by atoms with Crippen LogP contribution < -0.4 is 15.7 Å². The highest BCUT2D eigenvalue weighted by Crippen LogP contribution is 2.08. The van der Waals surface area contributed by atoms with Crippen LogP contribution in [0.15, 0.2) is 18.2 Å². The molecule has 0 unspecified atom stereocenters. The molecule has 0 spiro atoms. The molecule has 0 saturated carbocycles. The first-order valence-electron chi connectivity index (χ1n) is 5.51. The third-order valence-corrected chi connectivity index (χ3v) is 2.64. The molecule has 1 aromatic carbocycles. The van der Waals surface area contributed by atoms with E-state index in [0.29, 0.717) is 5.75 Å². The lowest BCUT2D eigenvalue weighted by Gasteiger charge is -2.18. The lowest BCUT2D eigenvalue weighted by molar-refractivity contribution is 0.287. The Morgan fingerprint density at radius 1 is 0.722 bits per heavy atom. The minimum Gasteiger partial charge on any atom is -0.497 e. The van der Waals surface area contributed by atoms with E-state index in [1.807, 2.05) is 18.2 Å². The van der Waals surface area contributed by atoms with E-state index in [1.54, 1.807) is 35.5 Å². The normalized spacial score (nSPS) is 10.3. The van der Waals surface area contributed by atoms with Crippen molar-refractivity contribution in [2.24, 2.45) is 0 Å². The van der Waals surface area contributed by atoms with Gasteiger partial charge in [0.05, 0.1) is 7.11 Å². The van der Waals surface area contributed by atoms with Crippen molar-refractivity contribution in [3.63, 3.8) is 0 Å². The van der Waals surface area contributed by atoms with Gasteiger partial charge in [-0.25, -0.2) is 0 Å². The molecule has 0 bridgehead atoms. The van der Waals surface area contributed by atoms with Gasteiger partial charge in [-0.15, -0.1) is 0 Å². The molecule has 0 heterocycles. The van der Waals surface area contributed by atoms with E-state index < -0.39 is 14.2 Å². The first kappa shape index (κ1) is 15.0. The summed E-state index contributed by atoms with van der Waals surface area (Å²) in [6, 6.07) is 5.63. The maximum Gasteiger partial charge on any atom is 0.497 e. The summed E-state index contributed by atoms with van der Waals surface area (Å²) in [7, 11) is 6.90. The number of hydrogen-bond acceptors (Lipinski definition) is 5. The van der Waals surface area contributed by atoms with Gasteiger partial charge in [0.15, 0.2) is 0 Å². The van der Waals surface area contributed by atoms with Crippen molar-refractivity contribution in [1.29, 1.82) is 0 Å². The summed E-state index contributed by atoms with van der Waals surface area (Å²) < 4.78 is 26.4. The lowest BCUT2D eigenvalue weighted by Crippen LogP contribution is -2.43. The van der Waals surface area contributed by atoms with Gasteiger partial charge in [0.2, 0.25) is 0 Å². The van der Waals surface area contributed by atoms with E-state index in [9.17, 15) is 0 Å². The average molecular weight is 252 g/mol. The molecule has 1 aromatic rings. The van der Waals surface area contributed by atoms with Crippen LogP contribution in [0, 0.1) is 0 Å². The van der Waals surface area contributed by atoms with Crippen LogP contribution in [-0.2, 0) is 18.6 Å². The van der Waals surface area contributed by atoms with E-state index in [1.165, 1.54) is 0 Å². The fourth-order valence-electron chi connectivity index (χ4n) is 1.88. The van der Waals surface area contributed by atoms with Gasteiger partial charge in [-0.2, -0.15) is 0 Å². The zero-order valence-electron chi connectivity index (χ0n) is 11.4. The second-order valence-electron chi connectivity index (χ2n) is 3.58. The van der Waals surface area contributed by atoms with Gasteiger partial charge in [0.1, 0.15) is 5.75 Å². The summed E-state index contributed by atoms with van der Waals surface area (Å²) in [6.45, 7) is 0. The van der Waals surface area contributed by atoms with Gasteiger partial charge < -0.3 is 23.4 Å². The van der Waals surface area contributed by atoms with E-state index >= 15 is 0 Å². The summed E-state index contributed by atoms with van der Waals surface area (Å²) in [5.74, 6) is 0.639. The highest BCUT2D eigenvalue weighted by molar-refractivity contribution is 6.67. The van der Waals surface area contributed by atoms with E-state index in [-0.39, 0.29) is 0 Å². The molecule has 0 aliphatic heterocycles. The molecular formula is C11H18B2O5. The summed E-state index contributed by atoms with van der Waals surface area (Å²) in [6.07, 6.45) is 0. The number of ether oxygens (including phenoxy) is 1. The Balaban J connectivity index is 3.24. The third kappa shape index (κ3) is 3.05. The van der Waals surface area contributed by atoms with Crippen LogP contribution >= 0.6 is 0 Å². The minimum atomic E-state index is -0.491. The first-order valence-corrected chi connectivity index (χ1v) is 5.51. The second-order valence-corrected chi connectivity index (χ2v) is 3.58. The number of benzene rings is 1. The molecule has 0 saturated heterocycles. The lowest BCUT2D eigenvalue weighted by atomic mass is 9.70. The SMILES string of the molecule is COB(OC)c1cccc(B(OC)OC)c1OC. The van der Waals surface area contributed by atoms with E-state index in [2.05, 4.69) is 0 Å². The Kier molecular flexibility index (Phi) is 6.21. The Hall–Kier alpha value is -1.01. The van der Waals surface area contributed by atoms with Crippen molar-refractivity contribution in [2.75, 3.05) is 35.5 Å². The molecule has 0 atom stereocenters. The van der Waals surface area contributed by atoms with Crippen molar-refractivity contribution >= 4 is 25.2 Å². The molecule has 0 aliphatic rings. The molecule has 0 N–H and O–H groups in total. The van der Waals surface area contributed by atoms with Crippen molar-refractivity contribution < 1.29 is 23.4 Å². The Morgan fingerprint density at radius 3 is 1.39 bits per heavy atom. The third-order valence-electron chi connectivity index (χ3n) is 2.64. The van der Waals surface area contributed by atoms with Gasteiger partial charge in [0.25, 0.3) is 0 Å². The molecule has 0 radical (unpaired) electrons. The van der Waals surface area contributed by atoms with Crippen LogP contribution in [0.4, 0.5) is 0 Å². The molecule has 1 rings (SSSR count). The predicted molar refractivity (Wildman–Crippen MR) is 71.8 cm³/mol. The summed E-state index contributed by atoms with van der Waals surface area (Å²) >= 11 is 0. The van der Waals surface area contributed by atoms with Crippen LogP contribution in [0.2, 0.25) is 0 Å². The molecule has 98 valence electrons. The van der Waals surface area contributed by atoms with Gasteiger partial charge >= 0.3 is 14.2 Å². The molecule has 0 aromatic heterocycles. The topological polar surface area (TPSA) is 46.2 Å². The quantitative estimate of drug-likeness (QED) is 0.622. The fourth-order valence-corrected chi connectivity index (χ4v) is 1.88. The largest absolute Gasteiger partial charge is 0.497 e. The standard InChI is InChI=1S/C11H18B2O5/c1-14-11-9(12(15-2)16-3)7-6-8-10(11)13(17-4)18-5/h6-8H,1-5H3. The molecule has 18 heavy (non-hydrogen) atoms. The summed E-state index contributed by atoms with van der Waals surface area (Å²) in [5.41, 5.74) is 1.58. The van der Waals surface area contributed by atoms with Crippen LogP contribution in [0.5, 0.6) is 5.75 Å². The van der Waals surface area contributed by atoms with Crippen LogP contribution in [-0.4, -0.2) is 49.8 Å². The molecule has 0 amide bonds. The monoisotopic (exact) mass is 252 g/mol. The maximum absolute atomic E-state index is 5.43. The Bertz CT molecular complexity index is 336. The molecule has 5 nitrogen and oxygen atoms in total. The Morgan fingerprint density at radius 2 is 1.11 bits per heavy atom. The first-order chi connectivity index (χ1) is 8.73. The number of rotatable bonds is 7. The van der Waals surface area contributed by atoms with Crippen molar-refractivity contribution in [3.05, 3.63) is 18.2 Å². The zero-order chi connectivity index (χ0) is 13.5. The molecular weight excluding hydrogens is 234 g/mol. The number of hydrogen-bond donors (Lipinski definition) is 0. The highest BCUT2D eigenvalue weighted by Gasteiger charge is 2.29. The minimum absolute atomic E-state index is 0.491. The summed E-state index contributed by atoms with van der Waals surface area (Å²) in [4.78, 5) is 0. The van der Waals surface area contributed by atoms with Gasteiger partial charge in [0, 0.05) is 39.4 Å². The second kappa shape index (κ2) is 7.43. The molecule has 0 aliphatic carbocycles. The van der Waals surface area contributed by atoms with E-state index in [0.717, 1.165) is 10.9 Å². The number of para-hydroxylation sites is 1. The predicted octanol–water partition coefficient (Wildman–Crippen LogP) is -0.329. The van der Waals surface area contributed by atoms with Crippen LogP contribution in [0.25, 0.3) is 0 Å². The van der Waals surface area contributed by atoms with Crippen molar-refractivity contribution in [1.82, 2.24) is 0 Å². The highest BCUT2D eigenvalue weighted by atomic mass is 16.6. The number of methoxy groups -OCH3 is 1. The Labute approximate surface area is 109 Å². The smallest absolute Gasteiger partial charge is 0.497 e. The van der Waals surface area contributed by atoms with Gasteiger partial charge in [-0.3, -0.25) is 0 Å². The van der Waals surface area contributed by atoms with Crippen LogP contribution in [0.1, 0.15) is 0 Å². The van der Waals surface area contributed by atoms with Gasteiger partial charge in [-0.1, -0.05) is 18.2 Å². The van der Waals surface area contributed by atoms with Crippen molar-refractivity contribution in [2.45, 2.75) is 0 Å². The van der Waals surface area contributed by atoms with Crippen LogP contribution in [0.3, 0.4) is 0 Å². The van der Waals surface area contributed by atoms with E-state index in [4.69, 9.17) is 23.4 Å².